The van der Waals surface area contributed by atoms with E-state index in [1.54, 1.807) is 22.7 Å². The Balaban J connectivity index is 1.28. The van der Waals surface area contributed by atoms with E-state index in [0.29, 0.717) is 18.7 Å². The Kier molecular flexibility index (Phi) is 5.17. The number of carbonyl (C=O) groups is 2. The number of piperidine rings is 1. The Bertz CT molecular complexity index is 1140. The summed E-state index contributed by atoms with van der Waals surface area (Å²) in [5.74, 6) is -1.01. The number of fused-ring (bicyclic) bond motifs is 3. The molecule has 7 nitrogen and oxygen atoms in total. The van der Waals surface area contributed by atoms with Gasteiger partial charge in [-0.15, -0.1) is 0 Å². The summed E-state index contributed by atoms with van der Waals surface area (Å²) in [5, 5.41) is 13.5. The van der Waals surface area contributed by atoms with E-state index < -0.39 is 5.97 Å². The van der Waals surface area contributed by atoms with Crippen LogP contribution in [-0.2, 0) is 4.74 Å². The second-order valence-corrected chi connectivity index (χ2v) is 8.49. The van der Waals surface area contributed by atoms with Crippen LogP contribution in [0.2, 0.25) is 0 Å². The van der Waals surface area contributed by atoms with E-state index in [2.05, 4.69) is 29.4 Å². The Labute approximate surface area is 186 Å². The molecule has 5 rings (SSSR count). The molecule has 1 atom stereocenters. The van der Waals surface area contributed by atoms with Crippen molar-refractivity contribution in [1.82, 2.24) is 14.7 Å². The van der Waals surface area contributed by atoms with Crippen molar-refractivity contribution in [3.8, 4) is 11.1 Å². The predicted octanol–water partition coefficient (Wildman–Crippen LogP) is 4.48. The maximum absolute atomic E-state index is 12.9. The van der Waals surface area contributed by atoms with Crippen molar-refractivity contribution < 1.29 is 19.4 Å². The summed E-state index contributed by atoms with van der Waals surface area (Å²) < 4.78 is 7.48. The molecular weight excluding hydrogens is 406 g/mol. The highest BCUT2D eigenvalue weighted by Crippen LogP contribution is 2.44. The summed E-state index contributed by atoms with van der Waals surface area (Å²) in [6.45, 7) is 3.10. The second kappa shape index (κ2) is 8.15. The van der Waals surface area contributed by atoms with Crippen LogP contribution < -0.4 is 0 Å². The number of rotatable bonds is 4. The lowest BCUT2D eigenvalue weighted by Gasteiger charge is -2.32. The Morgan fingerprint density at radius 2 is 1.75 bits per heavy atom. The zero-order valence-electron chi connectivity index (χ0n) is 17.9. The highest BCUT2D eigenvalue weighted by atomic mass is 16.6. The number of likely N-dealkylation sites (tertiary alicyclic amines) is 1. The molecule has 1 aliphatic heterocycles. The van der Waals surface area contributed by atoms with E-state index in [1.807, 2.05) is 24.3 Å². The normalized spacial score (nSPS) is 17.7. The standard InChI is InChI=1S/C25H25N3O4/c1-16-13-28(26-23(16)24(29)30)17-7-6-12-27(14-17)25(31)32-15-22-20-10-4-2-8-18(20)19-9-3-5-11-21(19)22/h2-5,8-11,13,17,22H,6-7,12,14-15H2,1H3,(H,29,30). The third-order valence-electron chi connectivity index (χ3n) is 6.48. The maximum Gasteiger partial charge on any atom is 0.409 e. The van der Waals surface area contributed by atoms with Gasteiger partial charge in [-0.3, -0.25) is 4.68 Å². The first-order valence-electron chi connectivity index (χ1n) is 10.9. The van der Waals surface area contributed by atoms with Crippen LogP contribution in [0.5, 0.6) is 0 Å². The molecule has 1 unspecified atom stereocenters. The van der Waals surface area contributed by atoms with E-state index in [9.17, 15) is 14.7 Å². The predicted molar refractivity (Wildman–Crippen MR) is 119 cm³/mol. The molecule has 0 spiro atoms. The topological polar surface area (TPSA) is 84.7 Å². The number of hydrogen-bond donors (Lipinski definition) is 1. The smallest absolute Gasteiger partial charge is 0.409 e. The number of nitrogens with zero attached hydrogens (tertiary/aromatic N) is 3. The van der Waals surface area contributed by atoms with Crippen molar-refractivity contribution >= 4 is 12.1 Å². The molecule has 1 amide bonds. The number of aromatic carboxylic acids is 1. The number of amides is 1. The third-order valence-corrected chi connectivity index (χ3v) is 6.48. The number of hydrogen-bond acceptors (Lipinski definition) is 4. The summed E-state index contributed by atoms with van der Waals surface area (Å²) in [5.41, 5.74) is 5.45. The fourth-order valence-electron chi connectivity index (χ4n) is 4.90. The largest absolute Gasteiger partial charge is 0.476 e. The van der Waals surface area contributed by atoms with Crippen molar-refractivity contribution in [1.29, 1.82) is 0 Å². The first-order valence-corrected chi connectivity index (χ1v) is 10.9. The number of ether oxygens (including phenoxy) is 1. The van der Waals surface area contributed by atoms with Crippen molar-refractivity contribution in [3.05, 3.63) is 77.1 Å². The van der Waals surface area contributed by atoms with Gasteiger partial charge in [0.2, 0.25) is 0 Å². The minimum absolute atomic E-state index is 0.0267. The maximum atomic E-state index is 12.9. The summed E-state index contributed by atoms with van der Waals surface area (Å²) in [6, 6.07) is 16.5. The first-order chi connectivity index (χ1) is 15.5. The summed E-state index contributed by atoms with van der Waals surface area (Å²) in [4.78, 5) is 25.9. The van der Waals surface area contributed by atoms with Gasteiger partial charge in [-0.25, -0.2) is 9.59 Å². The van der Waals surface area contributed by atoms with Crippen LogP contribution >= 0.6 is 0 Å². The molecule has 1 aromatic heterocycles. The van der Waals surface area contributed by atoms with Crippen LogP contribution in [0, 0.1) is 6.92 Å². The number of carboxylic acid groups (broad SMARTS) is 1. The second-order valence-electron chi connectivity index (χ2n) is 8.49. The lowest BCUT2D eigenvalue weighted by Crippen LogP contribution is -2.41. The molecule has 1 fully saturated rings. The molecule has 32 heavy (non-hydrogen) atoms. The van der Waals surface area contributed by atoms with Crippen LogP contribution in [0.25, 0.3) is 11.1 Å². The van der Waals surface area contributed by atoms with Crippen LogP contribution in [0.3, 0.4) is 0 Å². The minimum Gasteiger partial charge on any atom is -0.476 e. The lowest BCUT2D eigenvalue weighted by atomic mass is 9.98. The van der Waals surface area contributed by atoms with Crippen LogP contribution in [0.4, 0.5) is 4.79 Å². The Hall–Kier alpha value is -3.61. The van der Waals surface area contributed by atoms with Crippen molar-refractivity contribution in [3.63, 3.8) is 0 Å². The van der Waals surface area contributed by atoms with Gasteiger partial charge in [0.15, 0.2) is 5.69 Å². The van der Waals surface area contributed by atoms with Crippen LogP contribution in [-0.4, -0.2) is 51.5 Å². The van der Waals surface area contributed by atoms with Gasteiger partial charge in [-0.05, 0) is 42.0 Å². The van der Waals surface area contributed by atoms with Crippen molar-refractivity contribution in [2.75, 3.05) is 19.7 Å². The zero-order valence-corrected chi connectivity index (χ0v) is 17.9. The van der Waals surface area contributed by atoms with Gasteiger partial charge in [0.05, 0.1) is 6.04 Å². The average molecular weight is 431 g/mol. The molecule has 0 saturated carbocycles. The number of carbonyl (C=O) groups excluding carboxylic acids is 1. The minimum atomic E-state index is -1.04. The molecule has 0 radical (unpaired) electrons. The third kappa shape index (κ3) is 3.53. The number of aryl methyl sites for hydroxylation is 1. The van der Waals surface area contributed by atoms with Gasteiger partial charge in [-0.1, -0.05) is 48.5 Å². The Morgan fingerprint density at radius 3 is 2.38 bits per heavy atom. The summed E-state index contributed by atoms with van der Waals surface area (Å²) in [7, 11) is 0. The van der Waals surface area contributed by atoms with Crippen molar-refractivity contribution in [2.24, 2.45) is 0 Å². The van der Waals surface area contributed by atoms with Gasteiger partial charge in [0.25, 0.3) is 0 Å². The number of carboxylic acids is 1. The molecule has 1 aliphatic carbocycles. The number of aromatic nitrogens is 2. The quantitative estimate of drug-likeness (QED) is 0.659. The van der Waals surface area contributed by atoms with E-state index in [0.717, 1.165) is 12.8 Å². The SMILES string of the molecule is Cc1cn(C2CCCN(C(=O)OCC3c4ccccc4-c4ccccc43)C2)nc1C(=O)O. The highest BCUT2D eigenvalue weighted by molar-refractivity contribution is 5.86. The van der Waals surface area contributed by atoms with E-state index in [4.69, 9.17) is 4.74 Å². The van der Waals surface area contributed by atoms with Gasteiger partial charge in [0.1, 0.15) is 6.61 Å². The molecule has 2 aliphatic rings. The molecule has 2 heterocycles. The molecule has 164 valence electrons. The van der Waals surface area contributed by atoms with Crippen LogP contribution in [0.1, 0.15) is 52.0 Å². The molecule has 3 aromatic rings. The molecular formula is C25H25N3O4. The fourth-order valence-corrected chi connectivity index (χ4v) is 4.90. The highest BCUT2D eigenvalue weighted by Gasteiger charge is 2.31. The van der Waals surface area contributed by atoms with Gasteiger partial charge in [0, 0.05) is 30.8 Å². The van der Waals surface area contributed by atoms with Crippen molar-refractivity contribution in [2.45, 2.75) is 31.7 Å². The number of benzene rings is 2. The molecule has 2 aromatic carbocycles. The summed E-state index contributed by atoms with van der Waals surface area (Å²) in [6.07, 6.45) is 3.07. The first kappa shape index (κ1) is 20.3. The van der Waals surface area contributed by atoms with Gasteiger partial charge < -0.3 is 14.7 Å². The monoisotopic (exact) mass is 431 g/mol. The van der Waals surface area contributed by atoms with E-state index >= 15 is 0 Å². The molecule has 1 saturated heterocycles. The van der Waals surface area contributed by atoms with Crippen LogP contribution in [0.15, 0.2) is 54.7 Å². The van der Waals surface area contributed by atoms with Gasteiger partial charge in [-0.2, -0.15) is 5.10 Å². The van der Waals surface area contributed by atoms with E-state index in [1.165, 1.54) is 22.3 Å². The molecule has 1 N–H and O–H groups in total. The summed E-state index contributed by atoms with van der Waals surface area (Å²) >= 11 is 0. The zero-order chi connectivity index (χ0) is 22.2. The molecule has 0 bridgehead atoms. The van der Waals surface area contributed by atoms with E-state index in [-0.39, 0.29) is 30.4 Å². The Morgan fingerprint density at radius 1 is 1.09 bits per heavy atom. The fraction of sp³-hybridized carbons (Fsp3) is 0.320. The lowest BCUT2D eigenvalue weighted by molar-refractivity contribution is 0.0683. The van der Waals surface area contributed by atoms with Gasteiger partial charge >= 0.3 is 12.1 Å². The molecule has 7 heteroatoms. The average Bonchev–Trinajstić information content (AvgIpc) is 3.36.